The smallest absolute Gasteiger partial charge is 0.120 e. The minimum Gasteiger partial charge on any atom is -0.491 e. The Balaban J connectivity index is 1.39. The SMILES string of the molecule is Cc1cc(OCCO)cc(C)c1-c1cccc(COc2ccc3c(c2)-c2ccccc2C3)c1C. The van der Waals surface area contributed by atoms with E-state index in [1.54, 1.807) is 0 Å². The van der Waals surface area contributed by atoms with Crippen LogP contribution in [-0.2, 0) is 13.0 Å². The number of hydrogen-bond acceptors (Lipinski definition) is 3. The third-order valence-electron chi connectivity index (χ3n) is 6.75. The minimum absolute atomic E-state index is 0.0116. The van der Waals surface area contributed by atoms with Crippen molar-refractivity contribution in [2.24, 2.45) is 0 Å². The topological polar surface area (TPSA) is 38.7 Å². The second-order valence-corrected chi connectivity index (χ2v) is 9.04. The minimum atomic E-state index is 0.0116. The van der Waals surface area contributed by atoms with Crippen molar-refractivity contribution >= 4 is 0 Å². The predicted molar refractivity (Wildman–Crippen MR) is 138 cm³/mol. The highest BCUT2D eigenvalue weighted by atomic mass is 16.5. The number of aryl methyl sites for hydroxylation is 2. The lowest BCUT2D eigenvalue weighted by Crippen LogP contribution is -2.03. The number of hydrogen-bond donors (Lipinski definition) is 1. The molecular formula is C31H30O3. The van der Waals surface area contributed by atoms with Gasteiger partial charge in [-0.15, -0.1) is 0 Å². The molecule has 0 aliphatic heterocycles. The van der Waals surface area contributed by atoms with E-state index in [2.05, 4.69) is 81.4 Å². The van der Waals surface area contributed by atoms with Crippen molar-refractivity contribution < 1.29 is 14.6 Å². The molecule has 1 aliphatic rings. The van der Waals surface area contributed by atoms with Gasteiger partial charge in [-0.25, -0.2) is 0 Å². The number of rotatable bonds is 7. The van der Waals surface area contributed by atoms with E-state index in [1.807, 2.05) is 12.1 Å². The average Bonchev–Trinajstić information content (AvgIpc) is 3.20. The highest BCUT2D eigenvalue weighted by Gasteiger charge is 2.18. The van der Waals surface area contributed by atoms with Crippen LogP contribution >= 0.6 is 0 Å². The van der Waals surface area contributed by atoms with E-state index in [1.165, 1.54) is 44.5 Å². The molecule has 0 unspecified atom stereocenters. The lowest BCUT2D eigenvalue weighted by molar-refractivity contribution is 0.201. The molecule has 5 rings (SSSR count). The van der Waals surface area contributed by atoms with E-state index in [4.69, 9.17) is 14.6 Å². The van der Waals surface area contributed by atoms with Crippen LogP contribution in [0.5, 0.6) is 11.5 Å². The summed E-state index contributed by atoms with van der Waals surface area (Å²) in [6.45, 7) is 7.23. The summed E-state index contributed by atoms with van der Waals surface area (Å²) in [6.07, 6.45) is 0.996. The molecule has 1 N–H and O–H groups in total. The zero-order chi connectivity index (χ0) is 23.7. The zero-order valence-corrected chi connectivity index (χ0v) is 20.0. The highest BCUT2D eigenvalue weighted by molar-refractivity contribution is 5.78. The first-order valence-corrected chi connectivity index (χ1v) is 11.8. The average molecular weight is 451 g/mol. The molecule has 0 fully saturated rings. The fraction of sp³-hybridized carbons (Fsp3) is 0.226. The Bertz CT molecular complexity index is 1330. The molecule has 4 aromatic rings. The van der Waals surface area contributed by atoms with Crippen molar-refractivity contribution in [3.8, 4) is 33.8 Å². The second kappa shape index (κ2) is 9.36. The third kappa shape index (κ3) is 4.20. The van der Waals surface area contributed by atoms with E-state index in [9.17, 15) is 0 Å². The molecule has 0 heterocycles. The molecule has 1 aliphatic carbocycles. The summed E-state index contributed by atoms with van der Waals surface area (Å²) in [5.41, 5.74) is 12.5. The van der Waals surface area contributed by atoms with Gasteiger partial charge in [0.1, 0.15) is 24.7 Å². The molecule has 0 radical (unpaired) electrons. The third-order valence-corrected chi connectivity index (χ3v) is 6.75. The van der Waals surface area contributed by atoms with Crippen LogP contribution in [0.3, 0.4) is 0 Å². The van der Waals surface area contributed by atoms with Crippen molar-refractivity contribution in [3.63, 3.8) is 0 Å². The maximum absolute atomic E-state index is 9.05. The summed E-state index contributed by atoms with van der Waals surface area (Å²) in [6, 6.07) is 25.6. The van der Waals surface area contributed by atoms with Crippen molar-refractivity contribution in [1.82, 2.24) is 0 Å². The van der Waals surface area contributed by atoms with Crippen molar-refractivity contribution in [2.75, 3.05) is 13.2 Å². The molecule has 0 bridgehead atoms. The number of ether oxygens (including phenoxy) is 2. The van der Waals surface area contributed by atoms with Gasteiger partial charge in [0, 0.05) is 0 Å². The number of benzene rings is 4. The Morgan fingerprint density at radius 2 is 1.44 bits per heavy atom. The Hall–Kier alpha value is -3.56. The molecule has 0 saturated heterocycles. The zero-order valence-electron chi connectivity index (χ0n) is 20.0. The standard InChI is InChI=1S/C31H30O3/c1-20-15-27(33-14-13-32)16-21(2)31(20)28-10-6-8-25(22(28)3)19-34-26-12-11-24-17-23-7-4-5-9-29(23)30(24)18-26/h4-12,15-16,18,32H,13-14,17,19H2,1-3H3. The van der Waals surface area contributed by atoms with Gasteiger partial charge in [0.25, 0.3) is 0 Å². The van der Waals surface area contributed by atoms with Crippen LogP contribution in [0.1, 0.15) is 33.4 Å². The summed E-state index contributed by atoms with van der Waals surface area (Å²) < 4.78 is 11.9. The van der Waals surface area contributed by atoms with Crippen LogP contribution in [0.4, 0.5) is 0 Å². The molecule has 3 heteroatoms. The number of aliphatic hydroxyl groups excluding tert-OH is 1. The second-order valence-electron chi connectivity index (χ2n) is 9.04. The van der Waals surface area contributed by atoms with E-state index in [-0.39, 0.29) is 6.61 Å². The molecule has 0 saturated carbocycles. The summed E-state index contributed by atoms with van der Waals surface area (Å²) in [5, 5.41) is 9.05. The van der Waals surface area contributed by atoms with Crippen LogP contribution < -0.4 is 9.47 Å². The van der Waals surface area contributed by atoms with E-state index >= 15 is 0 Å². The lowest BCUT2D eigenvalue weighted by Gasteiger charge is -2.18. The van der Waals surface area contributed by atoms with Gasteiger partial charge in [0.2, 0.25) is 0 Å². The van der Waals surface area contributed by atoms with Crippen LogP contribution in [0.2, 0.25) is 0 Å². The predicted octanol–water partition coefficient (Wildman–Crippen LogP) is 6.80. The van der Waals surface area contributed by atoms with Crippen molar-refractivity contribution in [3.05, 3.63) is 106 Å². The van der Waals surface area contributed by atoms with Crippen LogP contribution in [0.15, 0.2) is 72.8 Å². The first-order chi connectivity index (χ1) is 16.5. The largest absolute Gasteiger partial charge is 0.491 e. The van der Waals surface area contributed by atoms with Gasteiger partial charge in [-0.1, -0.05) is 48.5 Å². The van der Waals surface area contributed by atoms with E-state index in [0.29, 0.717) is 13.2 Å². The van der Waals surface area contributed by atoms with Gasteiger partial charge in [-0.2, -0.15) is 0 Å². The Morgan fingerprint density at radius 3 is 2.24 bits per heavy atom. The number of fused-ring (bicyclic) bond motifs is 3. The molecule has 172 valence electrons. The first kappa shape index (κ1) is 22.2. The van der Waals surface area contributed by atoms with E-state index < -0.39 is 0 Å². The quantitative estimate of drug-likeness (QED) is 0.296. The van der Waals surface area contributed by atoms with Gasteiger partial charge >= 0.3 is 0 Å². The van der Waals surface area contributed by atoms with Gasteiger partial charge in [-0.05, 0) is 107 Å². The maximum Gasteiger partial charge on any atom is 0.120 e. The summed E-state index contributed by atoms with van der Waals surface area (Å²) in [4.78, 5) is 0. The van der Waals surface area contributed by atoms with Crippen molar-refractivity contribution in [1.29, 1.82) is 0 Å². The van der Waals surface area contributed by atoms with Gasteiger partial charge in [-0.3, -0.25) is 0 Å². The Labute approximate surface area is 201 Å². The normalized spacial score (nSPS) is 11.8. The molecule has 0 amide bonds. The fourth-order valence-electron chi connectivity index (χ4n) is 5.06. The van der Waals surface area contributed by atoms with Gasteiger partial charge < -0.3 is 14.6 Å². The summed E-state index contributed by atoms with van der Waals surface area (Å²) >= 11 is 0. The van der Waals surface area contributed by atoms with Crippen LogP contribution in [0, 0.1) is 20.8 Å². The van der Waals surface area contributed by atoms with Gasteiger partial charge in [0.05, 0.1) is 6.61 Å². The van der Waals surface area contributed by atoms with Crippen LogP contribution in [-0.4, -0.2) is 18.3 Å². The monoisotopic (exact) mass is 450 g/mol. The first-order valence-electron chi connectivity index (χ1n) is 11.8. The molecule has 0 spiro atoms. The summed E-state index contributed by atoms with van der Waals surface area (Å²) in [7, 11) is 0. The summed E-state index contributed by atoms with van der Waals surface area (Å²) in [5.74, 6) is 1.70. The molecule has 0 aromatic heterocycles. The van der Waals surface area contributed by atoms with E-state index in [0.717, 1.165) is 29.0 Å². The van der Waals surface area contributed by atoms with Crippen LogP contribution in [0.25, 0.3) is 22.3 Å². The molecule has 0 atom stereocenters. The molecule has 4 aromatic carbocycles. The molecular weight excluding hydrogens is 420 g/mol. The Kier molecular flexibility index (Phi) is 6.12. The Morgan fingerprint density at radius 1 is 0.706 bits per heavy atom. The fourth-order valence-corrected chi connectivity index (χ4v) is 5.06. The molecule has 34 heavy (non-hydrogen) atoms. The molecule has 3 nitrogen and oxygen atoms in total. The lowest BCUT2D eigenvalue weighted by atomic mass is 9.90. The van der Waals surface area contributed by atoms with Crippen molar-refractivity contribution in [2.45, 2.75) is 33.8 Å². The number of aliphatic hydroxyl groups is 1. The van der Waals surface area contributed by atoms with Gasteiger partial charge in [0.15, 0.2) is 0 Å². The highest BCUT2D eigenvalue weighted by Crippen LogP contribution is 2.39. The maximum atomic E-state index is 9.05.